The van der Waals surface area contributed by atoms with Crippen LogP contribution in [0.2, 0.25) is 0 Å². The van der Waals surface area contributed by atoms with Crippen molar-refractivity contribution < 1.29 is 9.53 Å². The van der Waals surface area contributed by atoms with E-state index in [-0.39, 0.29) is 6.04 Å². The average Bonchev–Trinajstić information content (AvgIpc) is 2.45. The minimum absolute atomic E-state index is 0.0608. The van der Waals surface area contributed by atoms with E-state index < -0.39 is 11.7 Å². The predicted molar refractivity (Wildman–Crippen MR) is 87.4 cm³/mol. The molecule has 0 saturated heterocycles. The van der Waals surface area contributed by atoms with Gasteiger partial charge in [-0.1, -0.05) is 6.92 Å². The van der Waals surface area contributed by atoms with Crippen LogP contribution in [-0.4, -0.2) is 47.3 Å². The van der Waals surface area contributed by atoms with Crippen molar-refractivity contribution >= 4 is 6.09 Å². The number of rotatable bonds is 7. The summed E-state index contributed by atoms with van der Waals surface area (Å²) in [6, 6.07) is 4.03. The first-order valence-electron chi connectivity index (χ1n) is 7.65. The number of carbonyl (C=O) groups excluding carboxylic acids is 1. The molecule has 0 radical (unpaired) electrons. The summed E-state index contributed by atoms with van der Waals surface area (Å²) in [5.41, 5.74) is 6.55. The summed E-state index contributed by atoms with van der Waals surface area (Å²) in [5.74, 6) is 0. The summed E-state index contributed by atoms with van der Waals surface area (Å²) in [4.78, 5) is 18.0. The fourth-order valence-electron chi connectivity index (χ4n) is 2.10. The largest absolute Gasteiger partial charge is 0.444 e. The van der Waals surface area contributed by atoms with Crippen LogP contribution in [0.4, 0.5) is 4.79 Å². The Hall–Kier alpha value is -1.66. The van der Waals surface area contributed by atoms with Gasteiger partial charge >= 0.3 is 6.09 Å². The number of hydrogen-bond donors (Lipinski definition) is 2. The second-order valence-electron chi connectivity index (χ2n) is 6.19. The molecule has 124 valence electrons. The first-order chi connectivity index (χ1) is 10.4. The lowest BCUT2D eigenvalue weighted by molar-refractivity contribution is 0.0507. The molecule has 22 heavy (non-hydrogen) atoms. The maximum Gasteiger partial charge on any atom is 0.407 e. The van der Waals surface area contributed by atoms with Gasteiger partial charge in [0, 0.05) is 38.1 Å². The van der Waals surface area contributed by atoms with Crippen LogP contribution in [0, 0.1) is 0 Å². The summed E-state index contributed by atoms with van der Waals surface area (Å²) in [7, 11) is 0. The molecule has 6 nitrogen and oxygen atoms in total. The third-order valence-corrected chi connectivity index (χ3v) is 3.21. The number of alkyl carbamates (subject to hydrolysis) is 1. The molecule has 3 N–H and O–H groups in total. The quantitative estimate of drug-likeness (QED) is 0.802. The molecule has 0 aliphatic rings. The van der Waals surface area contributed by atoms with E-state index in [4.69, 9.17) is 10.5 Å². The molecule has 1 aromatic heterocycles. The van der Waals surface area contributed by atoms with Crippen molar-refractivity contribution in [3.05, 3.63) is 30.1 Å². The Labute approximate surface area is 133 Å². The Morgan fingerprint density at radius 2 is 2.05 bits per heavy atom. The van der Waals surface area contributed by atoms with Crippen molar-refractivity contribution in [2.75, 3.05) is 19.6 Å². The summed E-state index contributed by atoms with van der Waals surface area (Å²) in [6.07, 6.45) is 3.14. The van der Waals surface area contributed by atoms with Crippen molar-refractivity contribution in [2.24, 2.45) is 5.73 Å². The second kappa shape index (κ2) is 8.70. The molecular weight excluding hydrogens is 280 g/mol. The van der Waals surface area contributed by atoms with Gasteiger partial charge in [0.05, 0.1) is 0 Å². The van der Waals surface area contributed by atoms with Gasteiger partial charge in [-0.15, -0.1) is 0 Å². The zero-order valence-corrected chi connectivity index (χ0v) is 14.0. The fourth-order valence-corrected chi connectivity index (χ4v) is 2.10. The van der Waals surface area contributed by atoms with Gasteiger partial charge in [-0.05, 0) is 45.0 Å². The van der Waals surface area contributed by atoms with E-state index in [1.54, 1.807) is 12.4 Å². The molecule has 0 aliphatic carbocycles. The Morgan fingerprint density at radius 3 is 2.55 bits per heavy atom. The van der Waals surface area contributed by atoms with Gasteiger partial charge in [-0.3, -0.25) is 9.88 Å². The lowest BCUT2D eigenvalue weighted by Crippen LogP contribution is -2.48. The minimum atomic E-state index is -0.496. The van der Waals surface area contributed by atoms with E-state index >= 15 is 0 Å². The zero-order valence-electron chi connectivity index (χ0n) is 14.0. The van der Waals surface area contributed by atoms with Crippen molar-refractivity contribution in [1.29, 1.82) is 0 Å². The van der Waals surface area contributed by atoms with Gasteiger partial charge in [-0.2, -0.15) is 0 Å². The number of nitrogens with one attached hydrogen (secondary N) is 1. The third-order valence-electron chi connectivity index (χ3n) is 3.21. The molecular formula is C16H28N4O2. The summed E-state index contributed by atoms with van der Waals surface area (Å²) in [5, 5.41) is 2.80. The highest BCUT2D eigenvalue weighted by molar-refractivity contribution is 5.67. The molecule has 1 heterocycles. The number of likely N-dealkylation sites (N-methyl/N-ethyl adjacent to an activating group) is 1. The standard InChI is InChI=1S/C16H28N4O2/c1-5-20(12-13-6-8-18-9-7-13)14(10-17)11-19-15(21)22-16(2,3)4/h6-9,14H,5,10-12,17H2,1-4H3,(H,19,21). The van der Waals surface area contributed by atoms with Gasteiger partial charge in [0.2, 0.25) is 0 Å². The molecule has 0 fully saturated rings. The number of nitrogens with two attached hydrogens (primary N) is 1. The number of nitrogens with zero attached hydrogens (tertiary/aromatic N) is 2. The van der Waals surface area contributed by atoms with E-state index in [2.05, 4.69) is 22.1 Å². The fraction of sp³-hybridized carbons (Fsp3) is 0.625. The Bertz CT molecular complexity index is 445. The lowest BCUT2D eigenvalue weighted by Gasteiger charge is -2.30. The van der Waals surface area contributed by atoms with E-state index in [1.165, 1.54) is 5.56 Å². The van der Waals surface area contributed by atoms with Crippen LogP contribution in [0.25, 0.3) is 0 Å². The van der Waals surface area contributed by atoms with Gasteiger partial charge < -0.3 is 15.8 Å². The van der Waals surface area contributed by atoms with Gasteiger partial charge in [0.25, 0.3) is 0 Å². The molecule has 1 atom stereocenters. The topological polar surface area (TPSA) is 80.5 Å². The molecule has 6 heteroatoms. The Kier molecular flexibility index (Phi) is 7.27. The van der Waals surface area contributed by atoms with E-state index in [1.807, 2.05) is 32.9 Å². The van der Waals surface area contributed by atoms with E-state index in [0.717, 1.165) is 13.1 Å². The lowest BCUT2D eigenvalue weighted by atomic mass is 10.2. The van der Waals surface area contributed by atoms with E-state index in [0.29, 0.717) is 13.1 Å². The molecule has 1 unspecified atom stereocenters. The normalized spacial score (nSPS) is 13.0. The molecule has 0 aliphatic heterocycles. The Morgan fingerprint density at radius 1 is 1.41 bits per heavy atom. The molecule has 1 amide bonds. The van der Waals surface area contributed by atoms with Crippen molar-refractivity contribution in [3.63, 3.8) is 0 Å². The third kappa shape index (κ3) is 6.87. The number of pyridine rings is 1. The van der Waals surface area contributed by atoms with Crippen molar-refractivity contribution in [1.82, 2.24) is 15.2 Å². The molecule has 0 spiro atoms. The molecule has 0 aromatic carbocycles. The smallest absolute Gasteiger partial charge is 0.407 e. The average molecular weight is 308 g/mol. The number of carbonyl (C=O) groups is 1. The predicted octanol–water partition coefficient (Wildman–Crippen LogP) is 1.76. The number of ether oxygens (including phenoxy) is 1. The van der Waals surface area contributed by atoms with Gasteiger partial charge in [0.15, 0.2) is 0 Å². The number of amides is 1. The summed E-state index contributed by atoms with van der Waals surface area (Å²) >= 11 is 0. The summed E-state index contributed by atoms with van der Waals surface area (Å²) < 4.78 is 5.25. The summed E-state index contributed by atoms with van der Waals surface area (Å²) in [6.45, 7) is 10.2. The maximum absolute atomic E-state index is 11.7. The van der Waals surface area contributed by atoms with Crippen molar-refractivity contribution in [3.8, 4) is 0 Å². The van der Waals surface area contributed by atoms with Crippen LogP contribution in [0.1, 0.15) is 33.3 Å². The van der Waals surface area contributed by atoms with Crippen LogP contribution >= 0.6 is 0 Å². The minimum Gasteiger partial charge on any atom is -0.444 e. The SMILES string of the molecule is CCN(Cc1ccncc1)C(CN)CNC(=O)OC(C)(C)C. The molecule has 0 bridgehead atoms. The number of hydrogen-bond acceptors (Lipinski definition) is 5. The maximum atomic E-state index is 11.7. The second-order valence-corrected chi connectivity index (χ2v) is 6.19. The van der Waals surface area contributed by atoms with Crippen LogP contribution in [-0.2, 0) is 11.3 Å². The van der Waals surface area contributed by atoms with Gasteiger partial charge in [-0.25, -0.2) is 4.79 Å². The van der Waals surface area contributed by atoms with Crippen LogP contribution in [0.5, 0.6) is 0 Å². The van der Waals surface area contributed by atoms with E-state index in [9.17, 15) is 4.79 Å². The highest BCUT2D eigenvalue weighted by Gasteiger charge is 2.20. The van der Waals surface area contributed by atoms with Crippen LogP contribution < -0.4 is 11.1 Å². The molecule has 1 rings (SSSR count). The number of aromatic nitrogens is 1. The zero-order chi connectivity index (χ0) is 16.6. The Balaban J connectivity index is 2.55. The first kappa shape index (κ1) is 18.4. The molecule has 1 aromatic rings. The van der Waals surface area contributed by atoms with Crippen molar-refractivity contribution in [2.45, 2.75) is 45.9 Å². The highest BCUT2D eigenvalue weighted by atomic mass is 16.6. The monoisotopic (exact) mass is 308 g/mol. The first-order valence-corrected chi connectivity index (χ1v) is 7.65. The highest BCUT2D eigenvalue weighted by Crippen LogP contribution is 2.08. The van der Waals surface area contributed by atoms with Crippen LogP contribution in [0.15, 0.2) is 24.5 Å². The molecule has 0 saturated carbocycles. The van der Waals surface area contributed by atoms with Crippen LogP contribution in [0.3, 0.4) is 0 Å². The van der Waals surface area contributed by atoms with Gasteiger partial charge in [0.1, 0.15) is 5.60 Å².